The van der Waals surface area contributed by atoms with E-state index < -0.39 is 29.0 Å². The summed E-state index contributed by atoms with van der Waals surface area (Å²) >= 11 is 0. The Balaban J connectivity index is 0.000000567. The van der Waals surface area contributed by atoms with Gasteiger partial charge in [-0.2, -0.15) is 0 Å². The van der Waals surface area contributed by atoms with Crippen molar-refractivity contribution >= 4 is 23.9 Å². The van der Waals surface area contributed by atoms with Crippen LogP contribution in [0.5, 0.6) is 0 Å². The van der Waals surface area contributed by atoms with Gasteiger partial charge in [0.05, 0.1) is 16.7 Å². The average Bonchev–Trinajstić information content (AvgIpc) is 2.38. The molecule has 0 unspecified atom stereocenters. The third kappa shape index (κ3) is 6.05. The van der Waals surface area contributed by atoms with Crippen molar-refractivity contribution in [2.24, 2.45) is 16.5 Å². The molecule has 114 valence electrons. The SMILES string of the molecule is CCN=C(N)N.O=C(O)c1ccc(C(=O)O)c(C(=O)O)c1. The molecule has 0 saturated heterocycles. The fourth-order valence-electron chi connectivity index (χ4n) is 1.22. The zero-order valence-electron chi connectivity index (χ0n) is 11.1. The molecule has 1 aromatic carbocycles. The van der Waals surface area contributed by atoms with Gasteiger partial charge in [-0.25, -0.2) is 14.4 Å². The summed E-state index contributed by atoms with van der Waals surface area (Å²) in [5.41, 5.74) is 8.62. The third-order valence-corrected chi connectivity index (χ3v) is 2.07. The van der Waals surface area contributed by atoms with Gasteiger partial charge in [0.15, 0.2) is 5.96 Å². The highest BCUT2D eigenvalue weighted by Gasteiger charge is 2.17. The second kappa shape index (κ2) is 8.15. The molecule has 0 radical (unpaired) electrons. The van der Waals surface area contributed by atoms with Gasteiger partial charge in [-0.15, -0.1) is 0 Å². The second-order valence-electron chi connectivity index (χ2n) is 3.58. The first kappa shape index (κ1) is 17.9. The zero-order valence-corrected chi connectivity index (χ0v) is 11.1. The Morgan fingerprint density at radius 1 is 1.00 bits per heavy atom. The number of carbonyl (C=O) groups is 3. The molecule has 0 aliphatic rings. The molecule has 1 aromatic rings. The first-order chi connectivity index (χ1) is 9.70. The van der Waals surface area contributed by atoms with Crippen LogP contribution in [0.2, 0.25) is 0 Å². The highest BCUT2D eigenvalue weighted by molar-refractivity contribution is 6.03. The molecule has 0 aliphatic heterocycles. The maximum absolute atomic E-state index is 10.6. The second-order valence-corrected chi connectivity index (χ2v) is 3.58. The number of nitrogens with two attached hydrogens (primary N) is 2. The topological polar surface area (TPSA) is 176 Å². The van der Waals surface area contributed by atoms with Gasteiger partial charge < -0.3 is 26.8 Å². The largest absolute Gasteiger partial charge is 0.478 e. The van der Waals surface area contributed by atoms with Crippen LogP contribution < -0.4 is 11.5 Å². The molecule has 1 rings (SSSR count). The number of guanidine groups is 1. The quantitative estimate of drug-likeness (QED) is 0.382. The van der Waals surface area contributed by atoms with Crippen molar-refractivity contribution in [3.05, 3.63) is 34.9 Å². The van der Waals surface area contributed by atoms with Crippen molar-refractivity contribution in [1.29, 1.82) is 0 Å². The normalized spacial score (nSPS) is 9.00. The highest BCUT2D eigenvalue weighted by Crippen LogP contribution is 2.12. The minimum atomic E-state index is -1.48. The third-order valence-electron chi connectivity index (χ3n) is 2.07. The molecule has 0 bridgehead atoms. The molecule has 0 aromatic heterocycles. The van der Waals surface area contributed by atoms with Crippen molar-refractivity contribution in [2.75, 3.05) is 6.54 Å². The number of benzene rings is 1. The van der Waals surface area contributed by atoms with E-state index in [4.69, 9.17) is 26.8 Å². The Labute approximate surface area is 119 Å². The molecule has 0 spiro atoms. The van der Waals surface area contributed by atoms with E-state index in [0.29, 0.717) is 6.54 Å². The van der Waals surface area contributed by atoms with E-state index in [0.717, 1.165) is 18.2 Å². The van der Waals surface area contributed by atoms with Crippen LogP contribution in [0.3, 0.4) is 0 Å². The van der Waals surface area contributed by atoms with Crippen LogP contribution in [0.15, 0.2) is 23.2 Å². The number of aromatic carboxylic acids is 3. The first-order valence-corrected chi connectivity index (χ1v) is 5.60. The summed E-state index contributed by atoms with van der Waals surface area (Å²) < 4.78 is 0. The van der Waals surface area contributed by atoms with Crippen LogP contribution in [0, 0.1) is 0 Å². The Hall–Kier alpha value is -3.10. The van der Waals surface area contributed by atoms with E-state index in [1.807, 2.05) is 6.92 Å². The van der Waals surface area contributed by atoms with Gasteiger partial charge in [-0.05, 0) is 25.1 Å². The molecular formula is C12H15N3O6. The van der Waals surface area contributed by atoms with Crippen LogP contribution in [0.1, 0.15) is 38.0 Å². The summed E-state index contributed by atoms with van der Waals surface area (Å²) in [6, 6.07) is 2.81. The minimum Gasteiger partial charge on any atom is -0.478 e. The number of rotatable bonds is 4. The van der Waals surface area contributed by atoms with E-state index in [1.165, 1.54) is 0 Å². The number of hydrogen-bond donors (Lipinski definition) is 5. The van der Waals surface area contributed by atoms with Gasteiger partial charge in [0.1, 0.15) is 0 Å². The summed E-state index contributed by atoms with van der Waals surface area (Å²) in [5, 5.41) is 25.9. The summed E-state index contributed by atoms with van der Waals surface area (Å²) in [6.45, 7) is 2.54. The van der Waals surface area contributed by atoms with Gasteiger partial charge >= 0.3 is 17.9 Å². The van der Waals surface area contributed by atoms with E-state index in [9.17, 15) is 14.4 Å². The predicted molar refractivity (Wildman–Crippen MR) is 73.7 cm³/mol. The Morgan fingerprint density at radius 2 is 1.52 bits per heavy atom. The molecule has 0 saturated carbocycles. The van der Waals surface area contributed by atoms with Crippen LogP contribution in [-0.2, 0) is 0 Å². The summed E-state index contributed by atoms with van der Waals surface area (Å²) in [6.07, 6.45) is 0. The smallest absolute Gasteiger partial charge is 0.336 e. The maximum Gasteiger partial charge on any atom is 0.336 e. The standard InChI is InChI=1S/C9H6O6.C3H9N3/c10-7(11)4-1-2-5(8(12)13)6(3-4)9(14)15;1-2-6-3(4)5/h1-3H,(H,10,11)(H,12,13)(H,14,15);2H2,1H3,(H4,4,5,6). The fourth-order valence-corrected chi connectivity index (χ4v) is 1.22. The van der Waals surface area contributed by atoms with E-state index >= 15 is 0 Å². The van der Waals surface area contributed by atoms with Crippen LogP contribution in [0.25, 0.3) is 0 Å². The van der Waals surface area contributed by atoms with E-state index in [-0.39, 0.29) is 11.5 Å². The van der Waals surface area contributed by atoms with Crippen molar-refractivity contribution in [2.45, 2.75) is 6.92 Å². The van der Waals surface area contributed by atoms with Crippen molar-refractivity contribution in [1.82, 2.24) is 0 Å². The molecular weight excluding hydrogens is 282 g/mol. The molecule has 0 fully saturated rings. The van der Waals surface area contributed by atoms with Crippen molar-refractivity contribution in [3.63, 3.8) is 0 Å². The van der Waals surface area contributed by atoms with Gasteiger partial charge in [0.25, 0.3) is 0 Å². The van der Waals surface area contributed by atoms with E-state index in [1.54, 1.807) is 0 Å². The van der Waals surface area contributed by atoms with Gasteiger partial charge in [0, 0.05) is 6.54 Å². The Morgan fingerprint density at radius 3 is 1.81 bits per heavy atom. The van der Waals surface area contributed by atoms with Crippen LogP contribution >= 0.6 is 0 Å². The van der Waals surface area contributed by atoms with Crippen molar-refractivity contribution in [3.8, 4) is 0 Å². The number of hydrogen-bond acceptors (Lipinski definition) is 4. The molecule has 0 amide bonds. The average molecular weight is 297 g/mol. The fraction of sp³-hybridized carbons (Fsp3) is 0.167. The number of carboxylic acid groups (broad SMARTS) is 3. The predicted octanol–water partition coefficient (Wildman–Crippen LogP) is 0.0609. The lowest BCUT2D eigenvalue weighted by Crippen LogP contribution is -2.22. The number of carboxylic acids is 3. The molecule has 0 heterocycles. The van der Waals surface area contributed by atoms with Crippen LogP contribution in [0.4, 0.5) is 0 Å². The molecule has 21 heavy (non-hydrogen) atoms. The number of nitrogens with zero attached hydrogens (tertiary/aromatic N) is 1. The number of aliphatic imine (C=N–C) groups is 1. The van der Waals surface area contributed by atoms with Gasteiger partial charge in [0.2, 0.25) is 0 Å². The summed E-state index contributed by atoms with van der Waals surface area (Å²) in [7, 11) is 0. The van der Waals surface area contributed by atoms with Gasteiger partial charge in [-0.1, -0.05) is 0 Å². The monoisotopic (exact) mass is 297 g/mol. The van der Waals surface area contributed by atoms with Crippen LogP contribution in [-0.4, -0.2) is 45.7 Å². The maximum atomic E-state index is 10.6. The van der Waals surface area contributed by atoms with Crippen molar-refractivity contribution < 1.29 is 29.7 Å². The lowest BCUT2D eigenvalue weighted by molar-refractivity contribution is 0.0649. The van der Waals surface area contributed by atoms with E-state index in [2.05, 4.69) is 4.99 Å². The molecule has 9 heteroatoms. The lowest BCUT2D eigenvalue weighted by atomic mass is 10.0. The molecule has 0 atom stereocenters. The minimum absolute atomic E-state index is 0.164. The highest BCUT2D eigenvalue weighted by atomic mass is 16.4. The Bertz CT molecular complexity index is 578. The molecule has 9 nitrogen and oxygen atoms in total. The summed E-state index contributed by atoms with van der Waals surface area (Å²) in [4.78, 5) is 35.4. The Kier molecular flexibility index (Phi) is 6.94. The lowest BCUT2D eigenvalue weighted by Gasteiger charge is -2.02. The summed E-state index contributed by atoms with van der Waals surface area (Å²) in [5.74, 6) is -4.04. The van der Waals surface area contributed by atoms with Gasteiger partial charge in [-0.3, -0.25) is 4.99 Å². The molecule has 7 N–H and O–H groups in total. The molecule has 0 aliphatic carbocycles. The zero-order chi connectivity index (χ0) is 16.6. The first-order valence-electron chi connectivity index (χ1n) is 5.60.